The Kier molecular flexibility index (Phi) is 3.93. The number of carbonyl (C=O) groups is 1. The van der Waals surface area contributed by atoms with E-state index in [0.717, 1.165) is 5.69 Å². The quantitative estimate of drug-likeness (QED) is 0.905. The molecule has 0 amide bonds. The van der Waals surface area contributed by atoms with Crippen molar-refractivity contribution in [1.82, 2.24) is 5.16 Å². The average molecular weight is 277 g/mol. The van der Waals surface area contributed by atoms with Gasteiger partial charge in [-0.1, -0.05) is 5.16 Å². The van der Waals surface area contributed by atoms with E-state index in [4.69, 9.17) is 19.1 Å². The van der Waals surface area contributed by atoms with Crippen LogP contribution in [-0.4, -0.2) is 23.3 Å². The Labute approximate surface area is 115 Å². The maximum absolute atomic E-state index is 11.0. The van der Waals surface area contributed by atoms with Gasteiger partial charge in [-0.2, -0.15) is 0 Å². The monoisotopic (exact) mass is 277 g/mol. The maximum Gasteiger partial charge on any atom is 0.335 e. The van der Waals surface area contributed by atoms with E-state index in [2.05, 4.69) is 5.16 Å². The second-order valence-electron chi connectivity index (χ2n) is 4.30. The molecule has 1 heterocycles. The summed E-state index contributed by atoms with van der Waals surface area (Å²) < 4.78 is 16.0. The zero-order valence-electron chi connectivity index (χ0n) is 11.4. The molecule has 0 fully saturated rings. The first-order chi connectivity index (χ1) is 9.51. The minimum absolute atomic E-state index is 0.127. The minimum Gasteiger partial charge on any atom is -0.493 e. The summed E-state index contributed by atoms with van der Waals surface area (Å²) in [5, 5.41) is 12.8. The summed E-state index contributed by atoms with van der Waals surface area (Å²) in [7, 11) is 1.49. The Bertz CT molecular complexity index is 620. The molecular weight excluding hydrogens is 262 g/mol. The molecule has 1 aromatic carbocycles. The van der Waals surface area contributed by atoms with Gasteiger partial charge in [0.05, 0.1) is 18.4 Å². The lowest BCUT2D eigenvalue weighted by Gasteiger charge is -2.15. The summed E-state index contributed by atoms with van der Waals surface area (Å²) in [4.78, 5) is 11.0. The lowest BCUT2D eigenvalue weighted by Crippen LogP contribution is -2.05. The van der Waals surface area contributed by atoms with Crippen molar-refractivity contribution in [3.05, 3.63) is 41.3 Å². The fraction of sp³-hybridized carbons (Fsp3) is 0.286. The second kappa shape index (κ2) is 5.64. The molecule has 1 atom stereocenters. The lowest BCUT2D eigenvalue weighted by molar-refractivity contribution is 0.0696. The lowest BCUT2D eigenvalue weighted by atomic mass is 10.2. The van der Waals surface area contributed by atoms with Gasteiger partial charge in [-0.15, -0.1) is 0 Å². The highest BCUT2D eigenvalue weighted by molar-refractivity contribution is 5.88. The van der Waals surface area contributed by atoms with Gasteiger partial charge in [0.1, 0.15) is 0 Å². The van der Waals surface area contributed by atoms with Crippen LogP contribution in [0.15, 0.2) is 28.8 Å². The zero-order valence-corrected chi connectivity index (χ0v) is 11.4. The number of aryl methyl sites for hydroxylation is 1. The molecule has 1 unspecified atom stereocenters. The van der Waals surface area contributed by atoms with Gasteiger partial charge >= 0.3 is 5.97 Å². The predicted octanol–water partition coefficient (Wildman–Crippen LogP) is 2.83. The molecule has 106 valence electrons. The number of benzene rings is 1. The average Bonchev–Trinajstić information content (AvgIpc) is 2.85. The molecular formula is C14H15NO5. The van der Waals surface area contributed by atoms with Crippen LogP contribution >= 0.6 is 0 Å². The molecule has 0 saturated carbocycles. The van der Waals surface area contributed by atoms with E-state index in [0.29, 0.717) is 17.3 Å². The van der Waals surface area contributed by atoms with Gasteiger partial charge in [0.15, 0.2) is 23.4 Å². The van der Waals surface area contributed by atoms with Crippen molar-refractivity contribution in [3.63, 3.8) is 0 Å². The van der Waals surface area contributed by atoms with Crippen LogP contribution in [0.25, 0.3) is 0 Å². The fourth-order valence-corrected chi connectivity index (χ4v) is 1.73. The highest BCUT2D eigenvalue weighted by Crippen LogP contribution is 2.32. The molecule has 6 heteroatoms. The number of rotatable bonds is 5. The highest BCUT2D eigenvalue weighted by atomic mass is 16.5. The minimum atomic E-state index is -1.03. The van der Waals surface area contributed by atoms with E-state index < -0.39 is 12.1 Å². The first-order valence-electron chi connectivity index (χ1n) is 6.02. The number of aromatic carboxylic acids is 1. The number of hydrogen-bond donors (Lipinski definition) is 1. The van der Waals surface area contributed by atoms with Crippen molar-refractivity contribution >= 4 is 5.97 Å². The summed E-state index contributed by atoms with van der Waals surface area (Å²) in [5.74, 6) is 0.331. The van der Waals surface area contributed by atoms with Crippen molar-refractivity contribution in [1.29, 1.82) is 0 Å². The largest absolute Gasteiger partial charge is 0.493 e. The molecule has 0 saturated heterocycles. The third kappa shape index (κ3) is 2.90. The van der Waals surface area contributed by atoms with Crippen LogP contribution in [0, 0.1) is 6.92 Å². The molecule has 6 nitrogen and oxygen atoms in total. The van der Waals surface area contributed by atoms with Crippen molar-refractivity contribution < 1.29 is 23.9 Å². The van der Waals surface area contributed by atoms with E-state index in [-0.39, 0.29) is 5.56 Å². The third-order valence-electron chi connectivity index (χ3n) is 2.76. The molecule has 0 aliphatic heterocycles. The van der Waals surface area contributed by atoms with Crippen LogP contribution in [-0.2, 0) is 0 Å². The highest BCUT2D eigenvalue weighted by Gasteiger charge is 2.17. The second-order valence-corrected chi connectivity index (χ2v) is 4.30. The van der Waals surface area contributed by atoms with Crippen molar-refractivity contribution in [3.8, 4) is 11.5 Å². The molecule has 0 radical (unpaired) electrons. The van der Waals surface area contributed by atoms with E-state index in [1.54, 1.807) is 19.1 Å². The number of hydrogen-bond acceptors (Lipinski definition) is 5. The Hall–Kier alpha value is -2.50. The molecule has 20 heavy (non-hydrogen) atoms. The van der Waals surface area contributed by atoms with E-state index in [1.807, 2.05) is 6.92 Å². The van der Waals surface area contributed by atoms with Gasteiger partial charge in [-0.3, -0.25) is 0 Å². The molecule has 0 bridgehead atoms. The molecule has 1 aromatic heterocycles. The van der Waals surface area contributed by atoms with E-state index in [9.17, 15) is 4.79 Å². The van der Waals surface area contributed by atoms with Gasteiger partial charge in [-0.25, -0.2) is 4.79 Å². The molecule has 1 N–H and O–H groups in total. The van der Waals surface area contributed by atoms with Gasteiger partial charge in [0, 0.05) is 6.07 Å². The van der Waals surface area contributed by atoms with E-state index in [1.165, 1.54) is 19.2 Å². The number of methoxy groups -OCH3 is 1. The zero-order chi connectivity index (χ0) is 14.7. The van der Waals surface area contributed by atoms with Crippen LogP contribution in [0.4, 0.5) is 0 Å². The Morgan fingerprint density at radius 3 is 2.65 bits per heavy atom. The first kappa shape index (κ1) is 13.9. The summed E-state index contributed by atoms with van der Waals surface area (Å²) in [5.41, 5.74) is 0.878. The number of nitrogens with zero attached hydrogens (tertiary/aromatic N) is 1. The van der Waals surface area contributed by atoms with E-state index >= 15 is 0 Å². The number of ether oxygens (including phenoxy) is 2. The molecule has 0 aliphatic rings. The van der Waals surface area contributed by atoms with Crippen molar-refractivity contribution in [2.24, 2.45) is 0 Å². The predicted molar refractivity (Wildman–Crippen MR) is 70.2 cm³/mol. The molecule has 0 aliphatic carbocycles. The number of carboxylic acids is 1. The van der Waals surface area contributed by atoms with Gasteiger partial charge < -0.3 is 19.1 Å². The van der Waals surface area contributed by atoms with Crippen molar-refractivity contribution in [2.45, 2.75) is 20.0 Å². The van der Waals surface area contributed by atoms with Gasteiger partial charge in [0.25, 0.3) is 0 Å². The summed E-state index contributed by atoms with van der Waals surface area (Å²) in [6.45, 7) is 3.60. The van der Waals surface area contributed by atoms with Gasteiger partial charge in [0.2, 0.25) is 0 Å². The Balaban J connectivity index is 2.27. The van der Waals surface area contributed by atoms with Crippen molar-refractivity contribution in [2.75, 3.05) is 7.11 Å². The van der Waals surface area contributed by atoms with Crippen LogP contribution < -0.4 is 9.47 Å². The van der Waals surface area contributed by atoms with Crippen LogP contribution in [0.1, 0.15) is 34.8 Å². The Morgan fingerprint density at radius 2 is 2.10 bits per heavy atom. The summed E-state index contributed by atoms with van der Waals surface area (Å²) >= 11 is 0. The Morgan fingerprint density at radius 1 is 1.35 bits per heavy atom. The maximum atomic E-state index is 11.0. The first-order valence-corrected chi connectivity index (χ1v) is 6.02. The summed E-state index contributed by atoms with van der Waals surface area (Å²) in [6.07, 6.45) is -0.408. The normalized spacial score (nSPS) is 11.9. The smallest absolute Gasteiger partial charge is 0.335 e. The third-order valence-corrected chi connectivity index (χ3v) is 2.76. The molecule has 2 rings (SSSR count). The van der Waals surface area contributed by atoms with Crippen LogP contribution in [0.2, 0.25) is 0 Å². The molecule has 2 aromatic rings. The number of carboxylic acid groups (broad SMARTS) is 1. The topological polar surface area (TPSA) is 81.8 Å². The standard InChI is InChI=1S/C14H15NO5/c1-8-6-12(20-15-8)9(2)19-13-7-10(14(16)17)4-5-11(13)18-3/h4-7,9H,1-3H3,(H,16,17). The molecule has 0 spiro atoms. The summed E-state index contributed by atoms with van der Waals surface area (Å²) in [6, 6.07) is 6.19. The van der Waals surface area contributed by atoms with Gasteiger partial charge in [-0.05, 0) is 32.0 Å². The van der Waals surface area contributed by atoms with Crippen LogP contribution in [0.3, 0.4) is 0 Å². The SMILES string of the molecule is COc1ccc(C(=O)O)cc1OC(C)c1cc(C)no1. The number of aromatic nitrogens is 1. The van der Waals surface area contributed by atoms with Crippen LogP contribution in [0.5, 0.6) is 11.5 Å². The fourth-order valence-electron chi connectivity index (χ4n) is 1.73.